The summed E-state index contributed by atoms with van der Waals surface area (Å²) in [5.74, 6) is 1.60. The molecule has 0 aliphatic carbocycles. The molecule has 0 heterocycles. The van der Waals surface area contributed by atoms with E-state index in [1.807, 2.05) is 26.6 Å². The number of hydrogen-bond acceptors (Lipinski definition) is 3. The Balaban J connectivity index is 4.44. The minimum Gasteiger partial charge on any atom is -0.404 e. The lowest BCUT2D eigenvalue weighted by Crippen LogP contribution is -2.35. The summed E-state index contributed by atoms with van der Waals surface area (Å²) in [6, 6.07) is 0. The van der Waals surface area contributed by atoms with Crippen molar-refractivity contribution in [2.75, 3.05) is 0 Å². The Labute approximate surface area is 86.3 Å². The molecule has 1 unspecified atom stereocenters. The van der Waals surface area contributed by atoms with Gasteiger partial charge in [0.15, 0.2) is 14.1 Å². The SMILES string of the molecule is CCCC(=O)C(C=C=O)O[Si](C)(C)C. The third-order valence-electron chi connectivity index (χ3n) is 1.51. The molecule has 4 heteroatoms. The summed E-state index contributed by atoms with van der Waals surface area (Å²) in [4.78, 5) is 21.7. The summed E-state index contributed by atoms with van der Waals surface area (Å²) in [6.45, 7) is 7.88. The van der Waals surface area contributed by atoms with Crippen molar-refractivity contribution in [3.63, 3.8) is 0 Å². The molecule has 14 heavy (non-hydrogen) atoms. The molecule has 0 amide bonds. The fourth-order valence-corrected chi connectivity index (χ4v) is 1.99. The molecule has 0 saturated carbocycles. The Hall–Kier alpha value is -0.703. The molecule has 0 bridgehead atoms. The fraction of sp³-hybridized carbons (Fsp3) is 0.700. The molecule has 0 saturated heterocycles. The van der Waals surface area contributed by atoms with Gasteiger partial charge in [-0.1, -0.05) is 6.92 Å². The van der Waals surface area contributed by atoms with Crippen molar-refractivity contribution in [1.29, 1.82) is 0 Å². The zero-order valence-corrected chi connectivity index (χ0v) is 10.3. The van der Waals surface area contributed by atoms with E-state index in [1.165, 1.54) is 6.08 Å². The van der Waals surface area contributed by atoms with E-state index in [1.54, 1.807) is 5.94 Å². The van der Waals surface area contributed by atoms with E-state index in [4.69, 9.17) is 4.43 Å². The second-order valence-corrected chi connectivity index (χ2v) is 8.61. The molecule has 0 aliphatic heterocycles. The van der Waals surface area contributed by atoms with E-state index < -0.39 is 14.4 Å². The lowest BCUT2D eigenvalue weighted by atomic mass is 10.1. The Morgan fingerprint density at radius 1 is 1.50 bits per heavy atom. The third kappa shape index (κ3) is 5.86. The molecule has 0 fully saturated rings. The highest BCUT2D eigenvalue weighted by Gasteiger charge is 2.24. The first-order valence-corrected chi connectivity index (χ1v) is 8.23. The lowest BCUT2D eigenvalue weighted by Gasteiger charge is -2.22. The van der Waals surface area contributed by atoms with Crippen LogP contribution in [0.3, 0.4) is 0 Å². The number of hydrogen-bond donors (Lipinski definition) is 0. The smallest absolute Gasteiger partial charge is 0.185 e. The lowest BCUT2D eigenvalue weighted by molar-refractivity contribution is -0.124. The monoisotopic (exact) mass is 214 g/mol. The second-order valence-electron chi connectivity index (χ2n) is 4.15. The number of carbonyl (C=O) groups is 1. The van der Waals surface area contributed by atoms with Crippen LogP contribution in [-0.2, 0) is 14.0 Å². The van der Waals surface area contributed by atoms with Crippen LogP contribution in [0.4, 0.5) is 0 Å². The van der Waals surface area contributed by atoms with E-state index in [9.17, 15) is 9.59 Å². The van der Waals surface area contributed by atoms with E-state index in [0.29, 0.717) is 6.42 Å². The van der Waals surface area contributed by atoms with E-state index >= 15 is 0 Å². The van der Waals surface area contributed by atoms with Crippen molar-refractivity contribution in [3.8, 4) is 0 Å². The van der Waals surface area contributed by atoms with Crippen LogP contribution in [0.5, 0.6) is 0 Å². The maximum atomic E-state index is 11.5. The van der Waals surface area contributed by atoms with Crippen LogP contribution in [0.15, 0.2) is 6.08 Å². The predicted octanol–water partition coefficient (Wildman–Crippen LogP) is 1.96. The normalized spacial score (nSPS) is 13.1. The average molecular weight is 214 g/mol. The highest BCUT2D eigenvalue weighted by atomic mass is 28.4. The van der Waals surface area contributed by atoms with Crippen LogP contribution in [0.1, 0.15) is 19.8 Å². The minimum absolute atomic E-state index is 0.0294. The van der Waals surface area contributed by atoms with Gasteiger partial charge in [0, 0.05) is 12.5 Å². The second kappa shape index (κ2) is 5.91. The highest BCUT2D eigenvalue weighted by Crippen LogP contribution is 2.10. The Bertz CT molecular complexity index is 236. The molecular weight excluding hydrogens is 196 g/mol. The van der Waals surface area contributed by atoms with Crippen LogP contribution in [-0.4, -0.2) is 26.1 Å². The van der Waals surface area contributed by atoms with Crippen molar-refractivity contribution < 1.29 is 14.0 Å². The summed E-state index contributed by atoms with van der Waals surface area (Å²) in [7, 11) is -1.78. The predicted molar refractivity (Wildman–Crippen MR) is 58.4 cm³/mol. The maximum absolute atomic E-state index is 11.5. The summed E-state index contributed by atoms with van der Waals surface area (Å²) in [5.41, 5.74) is 0. The Morgan fingerprint density at radius 2 is 2.07 bits per heavy atom. The van der Waals surface area contributed by atoms with Gasteiger partial charge in [-0.25, -0.2) is 4.79 Å². The standard InChI is InChI=1S/C10H18O3Si/c1-5-6-9(12)10(7-8-11)13-14(2,3)4/h7,10H,5-6H2,1-4H3. The zero-order chi connectivity index (χ0) is 11.2. The van der Waals surface area contributed by atoms with Crippen molar-refractivity contribution in [2.45, 2.75) is 45.5 Å². The highest BCUT2D eigenvalue weighted by molar-refractivity contribution is 6.69. The van der Waals surface area contributed by atoms with Gasteiger partial charge >= 0.3 is 0 Å². The summed E-state index contributed by atoms with van der Waals surface area (Å²) >= 11 is 0. The van der Waals surface area contributed by atoms with Gasteiger partial charge in [-0.05, 0) is 26.1 Å². The van der Waals surface area contributed by atoms with Gasteiger partial charge in [0.2, 0.25) is 0 Å². The fourth-order valence-electron chi connectivity index (χ4n) is 1.02. The maximum Gasteiger partial charge on any atom is 0.185 e. The van der Waals surface area contributed by atoms with Crippen molar-refractivity contribution in [3.05, 3.63) is 6.08 Å². The summed E-state index contributed by atoms with van der Waals surface area (Å²) in [5, 5.41) is 0. The molecule has 0 spiro atoms. The van der Waals surface area contributed by atoms with Crippen LogP contribution in [0, 0.1) is 0 Å². The summed E-state index contributed by atoms with van der Waals surface area (Å²) in [6.07, 6.45) is 1.72. The molecular formula is C10H18O3Si. The van der Waals surface area contributed by atoms with Gasteiger partial charge in [-0.2, -0.15) is 0 Å². The van der Waals surface area contributed by atoms with Gasteiger partial charge in [-0.15, -0.1) is 0 Å². The van der Waals surface area contributed by atoms with Crippen LogP contribution < -0.4 is 0 Å². The first-order valence-electron chi connectivity index (χ1n) is 4.82. The van der Waals surface area contributed by atoms with Crippen LogP contribution in [0.2, 0.25) is 19.6 Å². The van der Waals surface area contributed by atoms with E-state index in [2.05, 4.69) is 0 Å². The number of rotatable bonds is 6. The minimum atomic E-state index is -1.78. The first-order chi connectivity index (χ1) is 6.40. The van der Waals surface area contributed by atoms with Gasteiger partial charge in [0.05, 0.1) is 0 Å². The molecule has 0 aliphatic rings. The largest absolute Gasteiger partial charge is 0.404 e. The number of ketones is 1. The van der Waals surface area contributed by atoms with Crippen molar-refractivity contribution in [1.82, 2.24) is 0 Å². The molecule has 0 radical (unpaired) electrons. The summed E-state index contributed by atoms with van der Waals surface area (Å²) < 4.78 is 5.56. The molecule has 3 nitrogen and oxygen atoms in total. The van der Waals surface area contributed by atoms with E-state index in [0.717, 1.165) is 6.42 Å². The molecule has 0 aromatic rings. The topological polar surface area (TPSA) is 43.4 Å². The van der Waals surface area contributed by atoms with Gasteiger partial charge in [-0.3, -0.25) is 4.79 Å². The quantitative estimate of drug-likeness (QED) is 0.501. The molecule has 0 aromatic carbocycles. The first kappa shape index (κ1) is 13.3. The Morgan fingerprint density at radius 3 is 2.43 bits per heavy atom. The van der Waals surface area contributed by atoms with Gasteiger partial charge in [0.1, 0.15) is 12.0 Å². The zero-order valence-electron chi connectivity index (χ0n) is 9.29. The average Bonchev–Trinajstić information content (AvgIpc) is 2.01. The van der Waals surface area contributed by atoms with E-state index in [-0.39, 0.29) is 5.78 Å². The number of Topliss-reactive ketones (excluding diaryl/α,β-unsaturated/α-hetero) is 1. The van der Waals surface area contributed by atoms with Crippen molar-refractivity contribution >= 4 is 20.0 Å². The van der Waals surface area contributed by atoms with Crippen LogP contribution >= 0.6 is 0 Å². The molecule has 0 rings (SSSR count). The van der Waals surface area contributed by atoms with Gasteiger partial charge in [0.25, 0.3) is 0 Å². The molecule has 1 atom stereocenters. The Kier molecular flexibility index (Phi) is 5.61. The molecule has 0 aromatic heterocycles. The number of carbonyl (C=O) groups excluding carboxylic acids is 2. The van der Waals surface area contributed by atoms with Crippen LogP contribution in [0.25, 0.3) is 0 Å². The van der Waals surface area contributed by atoms with Crippen molar-refractivity contribution in [2.24, 2.45) is 0 Å². The molecule has 0 N–H and O–H groups in total. The molecule has 80 valence electrons. The van der Waals surface area contributed by atoms with Gasteiger partial charge < -0.3 is 4.43 Å². The third-order valence-corrected chi connectivity index (χ3v) is 2.47.